The van der Waals surface area contributed by atoms with Crippen LogP contribution in [0.4, 0.5) is 16.0 Å². The zero-order chi connectivity index (χ0) is 23.6. The number of aromatic amines is 1. The quantitative estimate of drug-likeness (QED) is 0.382. The van der Waals surface area contributed by atoms with E-state index in [1.807, 2.05) is 42.5 Å². The van der Waals surface area contributed by atoms with Gasteiger partial charge in [-0.25, -0.2) is 14.4 Å². The van der Waals surface area contributed by atoms with Gasteiger partial charge in [0, 0.05) is 50.2 Å². The van der Waals surface area contributed by atoms with Crippen molar-refractivity contribution >= 4 is 33.6 Å². The van der Waals surface area contributed by atoms with E-state index in [0.717, 1.165) is 84.1 Å². The van der Waals surface area contributed by atoms with Crippen LogP contribution < -0.4 is 10.2 Å². The Hall–Kier alpha value is -4.04. The van der Waals surface area contributed by atoms with Gasteiger partial charge in [-0.3, -0.25) is 10.00 Å². The number of benzene rings is 3. The molecule has 2 N–H and O–H groups in total. The molecule has 5 aromatic rings. The Morgan fingerprint density at radius 1 is 0.857 bits per heavy atom. The fraction of sp³-hybridized carbons (Fsp3) is 0.222. The fourth-order valence-electron chi connectivity index (χ4n) is 4.65. The number of fused-ring (bicyclic) bond motifs is 2. The highest BCUT2D eigenvalue weighted by Crippen LogP contribution is 2.27. The second-order valence-corrected chi connectivity index (χ2v) is 8.77. The molecule has 7 nitrogen and oxygen atoms in total. The van der Waals surface area contributed by atoms with Gasteiger partial charge in [0.2, 0.25) is 0 Å². The van der Waals surface area contributed by atoms with Crippen molar-refractivity contribution in [3.8, 4) is 11.3 Å². The number of rotatable bonds is 6. The van der Waals surface area contributed by atoms with Crippen molar-refractivity contribution in [2.75, 3.05) is 49.5 Å². The summed E-state index contributed by atoms with van der Waals surface area (Å²) < 4.78 is 13.5. The molecule has 1 aliphatic heterocycles. The molecule has 3 aromatic carbocycles. The van der Waals surface area contributed by atoms with Gasteiger partial charge in [0.1, 0.15) is 11.5 Å². The first kappa shape index (κ1) is 21.5. The molecule has 3 heterocycles. The molecule has 6 rings (SSSR count). The van der Waals surface area contributed by atoms with Crippen molar-refractivity contribution in [1.29, 1.82) is 0 Å². The van der Waals surface area contributed by atoms with Gasteiger partial charge >= 0.3 is 0 Å². The fourth-order valence-corrected chi connectivity index (χ4v) is 4.65. The summed E-state index contributed by atoms with van der Waals surface area (Å²) in [5, 5.41) is 11.9. The second-order valence-electron chi connectivity index (χ2n) is 8.77. The molecule has 0 amide bonds. The van der Waals surface area contributed by atoms with E-state index in [-0.39, 0.29) is 5.82 Å². The first-order valence-electron chi connectivity index (χ1n) is 11.9. The molecule has 8 heteroatoms. The van der Waals surface area contributed by atoms with Crippen molar-refractivity contribution in [2.45, 2.75) is 0 Å². The number of piperazine rings is 1. The molecule has 35 heavy (non-hydrogen) atoms. The zero-order valence-corrected chi connectivity index (χ0v) is 19.3. The van der Waals surface area contributed by atoms with Crippen LogP contribution >= 0.6 is 0 Å². The van der Waals surface area contributed by atoms with Crippen molar-refractivity contribution in [1.82, 2.24) is 25.1 Å². The molecule has 1 saturated heterocycles. The summed E-state index contributed by atoms with van der Waals surface area (Å²) in [4.78, 5) is 14.5. The lowest BCUT2D eigenvalue weighted by Crippen LogP contribution is -2.47. The minimum atomic E-state index is -0.253. The van der Waals surface area contributed by atoms with Crippen LogP contribution in [0.2, 0.25) is 0 Å². The zero-order valence-electron chi connectivity index (χ0n) is 19.3. The number of nitrogens with one attached hydrogen (secondary N) is 2. The lowest BCUT2D eigenvalue weighted by Gasteiger charge is -2.35. The SMILES string of the molecule is Fc1ccc2c(N3CCN(CCNc4nc5ccccc5nc4-c4ccccc4)CC3)n[nH]c2c1. The third kappa shape index (κ3) is 4.40. The summed E-state index contributed by atoms with van der Waals surface area (Å²) in [5.74, 6) is 1.46. The van der Waals surface area contributed by atoms with Crippen LogP contribution in [0.25, 0.3) is 33.2 Å². The van der Waals surface area contributed by atoms with E-state index in [4.69, 9.17) is 9.97 Å². The topological polar surface area (TPSA) is 73.0 Å². The maximum absolute atomic E-state index is 13.5. The molecule has 0 bridgehead atoms. The predicted octanol–water partition coefficient (Wildman–Crippen LogP) is 4.55. The third-order valence-electron chi connectivity index (χ3n) is 6.51. The van der Waals surface area contributed by atoms with Gasteiger partial charge in [0.05, 0.1) is 16.6 Å². The normalized spacial score (nSPS) is 14.6. The summed E-state index contributed by atoms with van der Waals surface area (Å²) in [7, 11) is 0. The molecule has 1 fully saturated rings. The molecule has 2 aromatic heterocycles. The predicted molar refractivity (Wildman–Crippen MR) is 138 cm³/mol. The summed E-state index contributed by atoms with van der Waals surface area (Å²) >= 11 is 0. The third-order valence-corrected chi connectivity index (χ3v) is 6.51. The number of hydrogen-bond donors (Lipinski definition) is 2. The Balaban J connectivity index is 1.11. The maximum atomic E-state index is 13.5. The van der Waals surface area contributed by atoms with Gasteiger partial charge in [-0.2, -0.15) is 5.10 Å². The first-order valence-corrected chi connectivity index (χ1v) is 11.9. The van der Waals surface area contributed by atoms with E-state index >= 15 is 0 Å². The number of H-pyrrole nitrogens is 1. The number of halogens is 1. The van der Waals surface area contributed by atoms with E-state index < -0.39 is 0 Å². The highest BCUT2D eigenvalue weighted by molar-refractivity contribution is 5.90. The number of para-hydroxylation sites is 2. The molecular formula is C27H26FN7. The number of hydrogen-bond acceptors (Lipinski definition) is 6. The van der Waals surface area contributed by atoms with E-state index in [1.165, 1.54) is 12.1 Å². The molecule has 0 saturated carbocycles. The van der Waals surface area contributed by atoms with Crippen LogP contribution in [0.1, 0.15) is 0 Å². The molecule has 0 radical (unpaired) electrons. The Morgan fingerprint density at radius 2 is 1.60 bits per heavy atom. The van der Waals surface area contributed by atoms with E-state index in [2.05, 4.69) is 37.4 Å². The minimum absolute atomic E-state index is 0.253. The summed E-state index contributed by atoms with van der Waals surface area (Å²) in [6.07, 6.45) is 0. The molecule has 1 aliphatic rings. The highest BCUT2D eigenvalue weighted by Gasteiger charge is 2.21. The monoisotopic (exact) mass is 467 g/mol. The first-order chi connectivity index (χ1) is 17.2. The van der Waals surface area contributed by atoms with E-state index in [1.54, 1.807) is 6.07 Å². The standard InChI is InChI=1S/C27H26FN7/c28-20-10-11-21-24(18-20)32-33-27(21)35-16-14-34(15-17-35)13-12-29-26-25(19-6-2-1-3-7-19)30-22-8-4-5-9-23(22)31-26/h1-11,18H,12-17H2,(H,29,31)(H,32,33). The largest absolute Gasteiger partial charge is 0.367 e. The highest BCUT2D eigenvalue weighted by atomic mass is 19.1. The number of nitrogens with zero attached hydrogens (tertiary/aromatic N) is 5. The second kappa shape index (κ2) is 9.31. The minimum Gasteiger partial charge on any atom is -0.367 e. The smallest absolute Gasteiger partial charge is 0.158 e. The van der Waals surface area contributed by atoms with Crippen LogP contribution in [-0.4, -0.2) is 64.3 Å². The summed E-state index contributed by atoms with van der Waals surface area (Å²) in [6.45, 7) is 5.31. The molecule has 0 aliphatic carbocycles. The van der Waals surface area contributed by atoms with Gasteiger partial charge in [0.15, 0.2) is 11.6 Å². The summed E-state index contributed by atoms with van der Waals surface area (Å²) in [6, 6.07) is 22.9. The Morgan fingerprint density at radius 3 is 2.40 bits per heavy atom. The molecule has 0 unspecified atom stereocenters. The maximum Gasteiger partial charge on any atom is 0.158 e. The van der Waals surface area contributed by atoms with Crippen molar-refractivity contribution < 1.29 is 4.39 Å². The van der Waals surface area contributed by atoms with Gasteiger partial charge < -0.3 is 10.2 Å². The molecule has 0 atom stereocenters. The van der Waals surface area contributed by atoms with Crippen molar-refractivity contribution in [3.63, 3.8) is 0 Å². The van der Waals surface area contributed by atoms with Crippen molar-refractivity contribution in [3.05, 3.63) is 78.6 Å². The van der Waals surface area contributed by atoms with Crippen LogP contribution in [0.15, 0.2) is 72.8 Å². The van der Waals surface area contributed by atoms with E-state index in [9.17, 15) is 4.39 Å². The van der Waals surface area contributed by atoms with Gasteiger partial charge in [-0.1, -0.05) is 42.5 Å². The summed E-state index contributed by atoms with van der Waals surface area (Å²) in [5.41, 5.74) is 4.43. The Labute approximate surface area is 202 Å². The number of anilines is 2. The average molecular weight is 468 g/mol. The number of aromatic nitrogens is 4. The molecule has 0 spiro atoms. The lowest BCUT2D eigenvalue weighted by molar-refractivity contribution is 0.267. The molecular weight excluding hydrogens is 441 g/mol. The van der Waals surface area contributed by atoms with Crippen LogP contribution in [-0.2, 0) is 0 Å². The van der Waals surface area contributed by atoms with Crippen LogP contribution in [0.3, 0.4) is 0 Å². The van der Waals surface area contributed by atoms with E-state index in [0.29, 0.717) is 0 Å². The van der Waals surface area contributed by atoms with Crippen LogP contribution in [0.5, 0.6) is 0 Å². The van der Waals surface area contributed by atoms with Crippen molar-refractivity contribution in [2.24, 2.45) is 0 Å². The van der Waals surface area contributed by atoms with Gasteiger partial charge in [-0.15, -0.1) is 0 Å². The van der Waals surface area contributed by atoms with Crippen LogP contribution in [0, 0.1) is 5.82 Å². The lowest BCUT2D eigenvalue weighted by atomic mass is 10.1. The average Bonchev–Trinajstić information content (AvgIpc) is 3.32. The Kier molecular flexibility index (Phi) is 5.71. The van der Waals surface area contributed by atoms with Gasteiger partial charge in [-0.05, 0) is 30.3 Å². The van der Waals surface area contributed by atoms with Gasteiger partial charge in [0.25, 0.3) is 0 Å². The molecule has 176 valence electrons. The Bertz CT molecular complexity index is 1460.